The van der Waals surface area contributed by atoms with Crippen molar-refractivity contribution in [2.75, 3.05) is 0 Å². The first-order chi connectivity index (χ1) is 4.13. The Morgan fingerprint density at radius 2 is 2.11 bits per heavy atom. The maximum Gasteiger partial charge on any atom is 0.338 e. The standard InChI is InChI=1S/C7H8O2/c1-4-5(2)7(8)9-6(4)3/h6H,1-2H2,3H3. The Morgan fingerprint density at radius 1 is 1.56 bits per heavy atom. The summed E-state index contributed by atoms with van der Waals surface area (Å²) in [4.78, 5) is 10.6. The lowest BCUT2D eigenvalue weighted by molar-refractivity contribution is -0.137. The number of ether oxygens (including phenoxy) is 1. The monoisotopic (exact) mass is 124 g/mol. The number of rotatable bonds is 0. The molecule has 1 atom stereocenters. The van der Waals surface area contributed by atoms with Crippen LogP contribution in [0.15, 0.2) is 24.3 Å². The first-order valence-electron chi connectivity index (χ1n) is 2.72. The second-order valence-corrected chi connectivity index (χ2v) is 2.05. The molecular weight excluding hydrogens is 116 g/mol. The van der Waals surface area contributed by atoms with Gasteiger partial charge in [-0.2, -0.15) is 0 Å². The fraction of sp³-hybridized carbons (Fsp3) is 0.286. The summed E-state index contributed by atoms with van der Waals surface area (Å²) in [6, 6.07) is 0. The van der Waals surface area contributed by atoms with Crippen LogP contribution >= 0.6 is 0 Å². The van der Waals surface area contributed by atoms with E-state index >= 15 is 0 Å². The van der Waals surface area contributed by atoms with Gasteiger partial charge in [0.15, 0.2) is 0 Å². The maximum atomic E-state index is 10.6. The molecule has 2 heteroatoms. The Bertz CT molecular complexity index is 191. The van der Waals surface area contributed by atoms with Gasteiger partial charge in [0.1, 0.15) is 6.10 Å². The van der Waals surface area contributed by atoms with Crippen LogP contribution in [-0.2, 0) is 9.53 Å². The molecule has 1 heterocycles. The molecule has 1 rings (SSSR count). The molecule has 0 bridgehead atoms. The molecule has 0 aromatic carbocycles. The van der Waals surface area contributed by atoms with Crippen molar-refractivity contribution in [2.45, 2.75) is 13.0 Å². The van der Waals surface area contributed by atoms with E-state index in [-0.39, 0.29) is 12.1 Å². The first kappa shape index (κ1) is 6.08. The number of carbonyl (C=O) groups is 1. The average molecular weight is 124 g/mol. The fourth-order valence-corrected chi connectivity index (χ4v) is 0.679. The van der Waals surface area contributed by atoms with Crippen molar-refractivity contribution in [3.63, 3.8) is 0 Å². The zero-order valence-corrected chi connectivity index (χ0v) is 5.31. The van der Waals surface area contributed by atoms with Crippen LogP contribution in [0, 0.1) is 0 Å². The van der Waals surface area contributed by atoms with E-state index in [1.807, 2.05) is 0 Å². The summed E-state index contributed by atoms with van der Waals surface area (Å²) < 4.78 is 4.75. The van der Waals surface area contributed by atoms with Crippen LogP contribution in [0.3, 0.4) is 0 Å². The van der Waals surface area contributed by atoms with E-state index in [0.29, 0.717) is 11.1 Å². The lowest BCUT2D eigenvalue weighted by atomic mass is 10.1. The number of cyclic esters (lactones) is 1. The highest BCUT2D eigenvalue weighted by molar-refractivity contribution is 5.95. The summed E-state index contributed by atoms with van der Waals surface area (Å²) in [6.45, 7) is 8.89. The number of esters is 1. The smallest absolute Gasteiger partial charge is 0.338 e. The topological polar surface area (TPSA) is 26.3 Å². The van der Waals surface area contributed by atoms with Gasteiger partial charge in [0.2, 0.25) is 0 Å². The van der Waals surface area contributed by atoms with Crippen LogP contribution in [0.2, 0.25) is 0 Å². The van der Waals surface area contributed by atoms with Crippen LogP contribution in [0.4, 0.5) is 0 Å². The molecule has 1 aliphatic rings. The van der Waals surface area contributed by atoms with Crippen LogP contribution < -0.4 is 0 Å². The van der Waals surface area contributed by atoms with Crippen molar-refractivity contribution in [1.82, 2.24) is 0 Å². The summed E-state index contributed by atoms with van der Waals surface area (Å²) >= 11 is 0. The van der Waals surface area contributed by atoms with Crippen LogP contribution in [0.25, 0.3) is 0 Å². The third-order valence-corrected chi connectivity index (χ3v) is 1.41. The quantitative estimate of drug-likeness (QED) is 0.356. The minimum Gasteiger partial charge on any atom is -0.454 e. The third kappa shape index (κ3) is 0.762. The van der Waals surface area contributed by atoms with E-state index in [4.69, 9.17) is 4.74 Å². The predicted octanol–water partition coefficient (Wildman–Crippen LogP) is 1.04. The molecule has 0 spiro atoms. The van der Waals surface area contributed by atoms with Crippen molar-refractivity contribution >= 4 is 5.97 Å². The van der Waals surface area contributed by atoms with Gasteiger partial charge in [-0.25, -0.2) is 4.79 Å². The van der Waals surface area contributed by atoms with Crippen molar-refractivity contribution in [3.8, 4) is 0 Å². The summed E-state index contributed by atoms with van der Waals surface area (Å²) in [5.41, 5.74) is 1.10. The van der Waals surface area contributed by atoms with E-state index in [9.17, 15) is 4.79 Å². The van der Waals surface area contributed by atoms with E-state index in [1.165, 1.54) is 0 Å². The molecule has 0 radical (unpaired) electrons. The molecule has 2 nitrogen and oxygen atoms in total. The second-order valence-electron chi connectivity index (χ2n) is 2.05. The van der Waals surface area contributed by atoms with E-state index in [0.717, 1.165) is 0 Å². The van der Waals surface area contributed by atoms with Crippen molar-refractivity contribution in [3.05, 3.63) is 24.3 Å². The van der Waals surface area contributed by atoms with Crippen molar-refractivity contribution in [2.24, 2.45) is 0 Å². The van der Waals surface area contributed by atoms with Gasteiger partial charge in [0.25, 0.3) is 0 Å². The lowest BCUT2D eigenvalue weighted by Gasteiger charge is -1.97. The minimum atomic E-state index is -0.340. The summed E-state index contributed by atoms with van der Waals surface area (Å²) in [5.74, 6) is -0.340. The highest BCUT2D eigenvalue weighted by Crippen LogP contribution is 2.22. The number of hydrogen-bond acceptors (Lipinski definition) is 2. The molecule has 0 aliphatic carbocycles. The zero-order chi connectivity index (χ0) is 7.02. The fourth-order valence-electron chi connectivity index (χ4n) is 0.679. The minimum absolute atomic E-state index is 0.176. The SMILES string of the molecule is C=C1C(=C)C(C)OC1=O. The molecule has 1 saturated heterocycles. The molecule has 1 aliphatic heterocycles. The van der Waals surface area contributed by atoms with Crippen LogP contribution in [-0.4, -0.2) is 12.1 Å². The molecule has 48 valence electrons. The Morgan fingerprint density at radius 3 is 2.22 bits per heavy atom. The molecule has 1 unspecified atom stereocenters. The van der Waals surface area contributed by atoms with Gasteiger partial charge < -0.3 is 4.74 Å². The van der Waals surface area contributed by atoms with Gasteiger partial charge in [-0.05, 0) is 12.5 Å². The molecule has 0 N–H and O–H groups in total. The zero-order valence-electron chi connectivity index (χ0n) is 5.31. The van der Waals surface area contributed by atoms with Crippen LogP contribution in [0.5, 0.6) is 0 Å². The van der Waals surface area contributed by atoms with Crippen molar-refractivity contribution in [1.29, 1.82) is 0 Å². The normalized spacial score (nSPS) is 26.8. The highest BCUT2D eigenvalue weighted by atomic mass is 16.5. The number of hydrogen-bond donors (Lipinski definition) is 0. The molecule has 0 aromatic rings. The Balaban J connectivity index is 2.90. The van der Waals surface area contributed by atoms with Gasteiger partial charge in [0, 0.05) is 0 Å². The largest absolute Gasteiger partial charge is 0.454 e. The van der Waals surface area contributed by atoms with Gasteiger partial charge in [0.05, 0.1) is 5.57 Å². The Labute approximate surface area is 53.8 Å². The maximum absolute atomic E-state index is 10.6. The summed E-state index contributed by atoms with van der Waals surface area (Å²) in [5, 5.41) is 0. The highest BCUT2D eigenvalue weighted by Gasteiger charge is 2.27. The molecule has 9 heavy (non-hydrogen) atoms. The number of carbonyl (C=O) groups excluding carboxylic acids is 1. The molecule has 0 aromatic heterocycles. The molecule has 0 saturated carbocycles. The Hall–Kier alpha value is -1.05. The summed E-state index contributed by atoms with van der Waals surface area (Å²) in [7, 11) is 0. The van der Waals surface area contributed by atoms with Gasteiger partial charge >= 0.3 is 5.97 Å². The predicted molar refractivity (Wildman–Crippen MR) is 33.8 cm³/mol. The molecule has 0 amide bonds. The third-order valence-electron chi connectivity index (χ3n) is 1.41. The summed E-state index contributed by atoms with van der Waals surface area (Å²) in [6.07, 6.45) is -0.176. The Kier molecular flexibility index (Phi) is 1.16. The van der Waals surface area contributed by atoms with E-state index in [2.05, 4.69) is 13.2 Å². The lowest BCUT2D eigenvalue weighted by Crippen LogP contribution is -2.00. The second kappa shape index (κ2) is 1.72. The molecular formula is C7H8O2. The molecule has 1 fully saturated rings. The van der Waals surface area contributed by atoms with Gasteiger partial charge in [-0.1, -0.05) is 13.2 Å². The van der Waals surface area contributed by atoms with E-state index in [1.54, 1.807) is 6.92 Å². The van der Waals surface area contributed by atoms with Crippen LogP contribution in [0.1, 0.15) is 6.92 Å². The first-order valence-corrected chi connectivity index (χ1v) is 2.72. The van der Waals surface area contributed by atoms with Gasteiger partial charge in [-0.15, -0.1) is 0 Å². The van der Waals surface area contributed by atoms with Crippen molar-refractivity contribution < 1.29 is 9.53 Å². The van der Waals surface area contributed by atoms with E-state index < -0.39 is 0 Å². The van der Waals surface area contributed by atoms with Gasteiger partial charge in [-0.3, -0.25) is 0 Å². The average Bonchev–Trinajstić information content (AvgIpc) is 1.98.